The number of aliphatic hydroxyl groups excluding tert-OH is 4. The van der Waals surface area contributed by atoms with Gasteiger partial charge in [0, 0.05) is 19.4 Å². The maximum Gasteiger partial charge on any atom is 0.338 e. The second kappa shape index (κ2) is 8.48. The quantitative estimate of drug-likeness (QED) is 0.349. The Morgan fingerprint density at radius 3 is 2.49 bits per heavy atom. The number of fused-ring (bicyclic) bond motifs is 1. The average molecular weight is 494 g/mol. The van der Waals surface area contributed by atoms with E-state index >= 15 is 0 Å². The predicted octanol–water partition coefficient (Wildman–Crippen LogP) is -0.861. The van der Waals surface area contributed by atoms with Crippen molar-refractivity contribution in [1.82, 2.24) is 0 Å². The number of aliphatic hydroxyl groups is 4. The van der Waals surface area contributed by atoms with E-state index in [0.29, 0.717) is 12.0 Å². The molecule has 2 heterocycles. The minimum absolute atomic E-state index is 0.283. The van der Waals surface area contributed by atoms with E-state index in [9.17, 15) is 30.0 Å². The Kier molecular flexibility index (Phi) is 5.95. The molecule has 0 amide bonds. The van der Waals surface area contributed by atoms with Gasteiger partial charge in [-0.05, 0) is 25.5 Å². The second-order valence-electron chi connectivity index (χ2n) is 9.96. The van der Waals surface area contributed by atoms with Crippen LogP contribution >= 0.6 is 0 Å². The largest absolute Gasteiger partial charge is 0.461 e. The number of ether oxygens (including phenoxy) is 5. The molecule has 35 heavy (non-hydrogen) atoms. The van der Waals surface area contributed by atoms with Crippen LogP contribution in [0, 0.1) is 11.3 Å². The molecule has 2 saturated heterocycles. The third kappa shape index (κ3) is 3.23. The third-order valence-corrected chi connectivity index (χ3v) is 8.35. The fraction of sp³-hybridized carbons (Fsp3) is 0.667. The van der Waals surface area contributed by atoms with Crippen molar-refractivity contribution in [1.29, 1.82) is 0 Å². The molecule has 3 aliphatic carbocycles. The summed E-state index contributed by atoms with van der Waals surface area (Å²) in [6.45, 7) is 0.715. The molecule has 4 N–H and O–H groups in total. The van der Waals surface area contributed by atoms with E-state index in [-0.39, 0.29) is 19.1 Å². The lowest BCUT2D eigenvalue weighted by Crippen LogP contribution is -2.80. The lowest BCUT2D eigenvalue weighted by atomic mass is 9.40. The zero-order valence-corrected chi connectivity index (χ0v) is 19.4. The molecule has 1 aromatic carbocycles. The van der Waals surface area contributed by atoms with Crippen molar-refractivity contribution in [2.24, 2.45) is 11.3 Å². The van der Waals surface area contributed by atoms with Crippen LogP contribution in [0.1, 0.15) is 30.1 Å². The molecular formula is C24H30O11. The minimum Gasteiger partial charge on any atom is -0.461 e. The molecule has 0 unspecified atom stereocenters. The van der Waals surface area contributed by atoms with Crippen LogP contribution in [0.3, 0.4) is 0 Å². The molecule has 5 aliphatic rings. The molecule has 0 radical (unpaired) electrons. The molecule has 0 spiro atoms. The van der Waals surface area contributed by atoms with Crippen LogP contribution in [-0.4, -0.2) is 101 Å². The standard InChI is InChI=1S/C24H30O11/c1-22-9-14(31-2)13-8-24(22,34-20-18(28)17(27)16(26)15(10-25)33-20)23(13,21(30)35-22)11-32-19(29)12-6-4-3-5-7-12/h3-7,13-18,20,25-28H,8-11H2,1-2H3/t13-,14-,15-,16-,17+,18-,20+,22+,23+,24-/m1/s1. The van der Waals surface area contributed by atoms with Crippen molar-refractivity contribution < 1.29 is 53.7 Å². The fourth-order valence-corrected chi connectivity index (χ4v) is 6.41. The summed E-state index contributed by atoms with van der Waals surface area (Å²) in [6, 6.07) is 8.34. The van der Waals surface area contributed by atoms with Gasteiger partial charge in [0.05, 0.1) is 18.3 Å². The Bertz CT molecular complexity index is 985. The third-order valence-electron chi connectivity index (χ3n) is 8.35. The van der Waals surface area contributed by atoms with Gasteiger partial charge in [-0.1, -0.05) is 18.2 Å². The van der Waals surface area contributed by atoms with Crippen molar-refractivity contribution in [2.45, 2.75) is 67.8 Å². The lowest BCUT2D eigenvalue weighted by Gasteiger charge is -2.66. The van der Waals surface area contributed by atoms with Crippen LogP contribution in [0.25, 0.3) is 0 Å². The molecule has 0 aromatic heterocycles. The topological polar surface area (TPSA) is 161 Å². The molecule has 11 nitrogen and oxygen atoms in total. The van der Waals surface area contributed by atoms with Gasteiger partial charge in [0.1, 0.15) is 47.6 Å². The second-order valence-corrected chi connectivity index (χ2v) is 9.96. The Labute approximate surface area is 201 Å². The maximum absolute atomic E-state index is 13.4. The SMILES string of the molecule is CO[C@@H]1C[C@]2(C)OC(=O)[C@]3(COC(=O)c4ccccc4)[C@@H]1C[C@@]23O[C@@H]1O[C@H](CO)[C@@H](O)[C@H](O)[C@H]1O. The van der Waals surface area contributed by atoms with Gasteiger partial charge in [0.15, 0.2) is 6.29 Å². The van der Waals surface area contributed by atoms with Crippen molar-refractivity contribution in [2.75, 3.05) is 20.3 Å². The normalized spacial score (nSPS) is 46.0. The zero-order valence-electron chi connectivity index (χ0n) is 19.4. The van der Waals surface area contributed by atoms with E-state index in [1.807, 2.05) is 0 Å². The highest BCUT2D eigenvalue weighted by molar-refractivity contribution is 5.90. The van der Waals surface area contributed by atoms with Gasteiger partial charge >= 0.3 is 11.9 Å². The van der Waals surface area contributed by atoms with Crippen molar-refractivity contribution >= 4 is 11.9 Å². The first-order valence-electron chi connectivity index (χ1n) is 11.6. The molecule has 5 fully saturated rings. The smallest absolute Gasteiger partial charge is 0.338 e. The van der Waals surface area contributed by atoms with Crippen molar-refractivity contribution in [3.8, 4) is 0 Å². The number of carbonyl (C=O) groups is 2. The molecule has 11 heteroatoms. The van der Waals surface area contributed by atoms with Crippen molar-refractivity contribution in [3.63, 3.8) is 0 Å². The molecule has 4 bridgehead atoms. The summed E-state index contributed by atoms with van der Waals surface area (Å²) in [6.07, 6.45) is -7.33. The van der Waals surface area contributed by atoms with Gasteiger partial charge < -0.3 is 44.1 Å². The van der Waals surface area contributed by atoms with Crippen LogP contribution in [0.2, 0.25) is 0 Å². The van der Waals surface area contributed by atoms with Crippen LogP contribution < -0.4 is 0 Å². The molecule has 3 saturated carbocycles. The first-order chi connectivity index (χ1) is 16.6. The van der Waals surface area contributed by atoms with E-state index in [2.05, 4.69) is 0 Å². The highest BCUT2D eigenvalue weighted by Crippen LogP contribution is 2.73. The Morgan fingerprint density at radius 2 is 1.83 bits per heavy atom. The highest BCUT2D eigenvalue weighted by atomic mass is 16.7. The maximum atomic E-state index is 13.4. The van der Waals surface area contributed by atoms with E-state index in [0.717, 1.165) is 0 Å². The first kappa shape index (κ1) is 24.6. The Morgan fingerprint density at radius 1 is 1.11 bits per heavy atom. The van der Waals surface area contributed by atoms with E-state index in [1.165, 1.54) is 7.11 Å². The zero-order chi connectivity index (χ0) is 25.2. The number of hydrogen-bond donors (Lipinski definition) is 4. The lowest BCUT2D eigenvalue weighted by molar-refractivity contribution is -0.395. The van der Waals surface area contributed by atoms with Crippen LogP contribution in [-0.2, 0) is 28.5 Å². The molecule has 2 aliphatic heterocycles. The number of hydrogen-bond acceptors (Lipinski definition) is 11. The van der Waals surface area contributed by atoms with E-state index < -0.39 is 71.8 Å². The Hall–Kier alpha value is -2.12. The molecule has 192 valence electrons. The monoisotopic (exact) mass is 494 g/mol. The minimum atomic E-state index is -1.66. The van der Waals surface area contributed by atoms with Gasteiger partial charge in [-0.2, -0.15) is 0 Å². The summed E-state index contributed by atoms with van der Waals surface area (Å²) < 4.78 is 29.0. The summed E-state index contributed by atoms with van der Waals surface area (Å²) in [5.41, 5.74) is -3.71. The first-order valence-corrected chi connectivity index (χ1v) is 11.6. The summed E-state index contributed by atoms with van der Waals surface area (Å²) in [7, 11) is 1.53. The molecule has 10 atom stereocenters. The fourth-order valence-electron chi connectivity index (χ4n) is 6.41. The molecule has 1 aromatic rings. The average Bonchev–Trinajstić information content (AvgIpc) is 2.92. The van der Waals surface area contributed by atoms with E-state index in [4.69, 9.17) is 23.7 Å². The van der Waals surface area contributed by atoms with Crippen LogP contribution in [0.4, 0.5) is 0 Å². The summed E-state index contributed by atoms with van der Waals surface area (Å²) >= 11 is 0. The van der Waals surface area contributed by atoms with Crippen LogP contribution in [0.5, 0.6) is 0 Å². The van der Waals surface area contributed by atoms with E-state index in [1.54, 1.807) is 37.3 Å². The number of rotatable bonds is 7. The van der Waals surface area contributed by atoms with Gasteiger partial charge in [-0.15, -0.1) is 0 Å². The van der Waals surface area contributed by atoms with Gasteiger partial charge in [0.2, 0.25) is 0 Å². The predicted molar refractivity (Wildman–Crippen MR) is 115 cm³/mol. The number of esters is 2. The summed E-state index contributed by atoms with van der Waals surface area (Å²) in [5, 5.41) is 40.5. The van der Waals surface area contributed by atoms with Gasteiger partial charge in [-0.3, -0.25) is 4.79 Å². The Balaban J connectivity index is 1.48. The molecule has 6 rings (SSSR count). The molecular weight excluding hydrogens is 464 g/mol. The highest BCUT2D eigenvalue weighted by Gasteiger charge is 2.88. The number of methoxy groups -OCH3 is 1. The number of carbonyl (C=O) groups excluding carboxylic acids is 2. The van der Waals surface area contributed by atoms with Crippen LogP contribution in [0.15, 0.2) is 30.3 Å². The van der Waals surface area contributed by atoms with Gasteiger partial charge in [0.25, 0.3) is 0 Å². The number of benzene rings is 1. The van der Waals surface area contributed by atoms with Gasteiger partial charge in [-0.25, -0.2) is 4.79 Å². The summed E-state index contributed by atoms with van der Waals surface area (Å²) in [4.78, 5) is 26.1. The van der Waals surface area contributed by atoms with Crippen molar-refractivity contribution in [3.05, 3.63) is 35.9 Å². The summed E-state index contributed by atoms with van der Waals surface area (Å²) in [5.74, 6) is -1.63.